The third-order valence-corrected chi connectivity index (χ3v) is 4.39. The van der Waals surface area contributed by atoms with Gasteiger partial charge >= 0.3 is 0 Å². The maximum Gasteiger partial charge on any atom is 0.254 e. The molecule has 0 aliphatic carbocycles. The molecule has 26 heavy (non-hydrogen) atoms. The fourth-order valence-corrected chi connectivity index (χ4v) is 2.99. The van der Waals surface area contributed by atoms with Gasteiger partial charge < -0.3 is 5.32 Å². The number of nitrogens with one attached hydrogen (secondary N) is 1. The maximum absolute atomic E-state index is 4.68. The Labute approximate surface area is 152 Å². The topological polar surface area (TPSA) is 55.1 Å². The molecule has 130 valence electrons. The van der Waals surface area contributed by atoms with Crippen molar-refractivity contribution in [2.24, 2.45) is 0 Å². The van der Waals surface area contributed by atoms with Crippen molar-refractivity contribution in [3.63, 3.8) is 0 Å². The van der Waals surface area contributed by atoms with E-state index in [1.807, 2.05) is 25.1 Å². The average molecular weight is 343 g/mol. The lowest BCUT2D eigenvalue weighted by molar-refractivity contribution is 0.939. The Hall–Kier alpha value is -3.21. The van der Waals surface area contributed by atoms with Crippen molar-refractivity contribution in [2.45, 2.75) is 27.7 Å². The van der Waals surface area contributed by atoms with Gasteiger partial charge in [0.2, 0.25) is 0 Å². The number of aryl methyl sites for hydroxylation is 4. The van der Waals surface area contributed by atoms with E-state index in [-0.39, 0.29) is 0 Å². The molecule has 4 aromatic rings. The summed E-state index contributed by atoms with van der Waals surface area (Å²) < 4.78 is 1.77. The van der Waals surface area contributed by atoms with Crippen molar-refractivity contribution in [2.75, 3.05) is 5.32 Å². The Balaban J connectivity index is 1.80. The van der Waals surface area contributed by atoms with Gasteiger partial charge in [-0.2, -0.15) is 9.50 Å². The molecular weight excluding hydrogens is 322 g/mol. The third-order valence-electron chi connectivity index (χ3n) is 4.39. The van der Waals surface area contributed by atoms with Crippen LogP contribution in [0, 0.1) is 27.7 Å². The molecule has 2 aromatic carbocycles. The molecule has 0 atom stereocenters. The summed E-state index contributed by atoms with van der Waals surface area (Å²) in [4.78, 5) is 9.14. The molecule has 2 heterocycles. The van der Waals surface area contributed by atoms with Gasteiger partial charge in [0.15, 0.2) is 5.82 Å². The van der Waals surface area contributed by atoms with E-state index in [1.54, 1.807) is 4.52 Å². The van der Waals surface area contributed by atoms with Crippen molar-refractivity contribution in [3.05, 3.63) is 70.9 Å². The molecule has 0 radical (unpaired) electrons. The Morgan fingerprint density at radius 3 is 2.27 bits per heavy atom. The minimum atomic E-state index is 0.591. The van der Waals surface area contributed by atoms with E-state index in [0.29, 0.717) is 11.6 Å². The zero-order valence-corrected chi connectivity index (χ0v) is 15.4. The molecule has 4 rings (SSSR count). The molecule has 0 amide bonds. The summed E-state index contributed by atoms with van der Waals surface area (Å²) in [6, 6.07) is 16.5. The number of rotatable bonds is 3. The van der Waals surface area contributed by atoms with E-state index < -0.39 is 0 Å². The molecule has 5 heteroatoms. The lowest BCUT2D eigenvalue weighted by Gasteiger charge is -2.11. The number of fused-ring (bicyclic) bond motifs is 1. The van der Waals surface area contributed by atoms with Crippen molar-refractivity contribution < 1.29 is 0 Å². The SMILES string of the molecule is Cc1ccc(-c2nc3nc(C)cc(Nc4ccc(C)cc4C)n3n2)cc1. The monoisotopic (exact) mass is 343 g/mol. The van der Waals surface area contributed by atoms with Crippen LogP contribution in [-0.4, -0.2) is 19.6 Å². The summed E-state index contributed by atoms with van der Waals surface area (Å²) in [5, 5.41) is 8.16. The van der Waals surface area contributed by atoms with Gasteiger partial charge in [0, 0.05) is 23.0 Å². The summed E-state index contributed by atoms with van der Waals surface area (Å²) in [5.74, 6) is 2.12. The molecule has 2 aromatic heterocycles. The first-order valence-electron chi connectivity index (χ1n) is 8.65. The standard InChI is InChI=1S/C21H21N5/c1-13-5-8-17(9-6-13)20-24-21-22-16(4)12-19(26(21)25-20)23-18-10-7-14(2)11-15(18)3/h5-12,23H,1-4H3. The van der Waals surface area contributed by atoms with Crippen LogP contribution in [0.5, 0.6) is 0 Å². The van der Waals surface area contributed by atoms with Gasteiger partial charge in [-0.15, -0.1) is 5.10 Å². The van der Waals surface area contributed by atoms with E-state index in [0.717, 1.165) is 22.8 Å². The number of aromatic nitrogens is 4. The quantitative estimate of drug-likeness (QED) is 0.582. The van der Waals surface area contributed by atoms with E-state index >= 15 is 0 Å². The van der Waals surface area contributed by atoms with Crippen LogP contribution >= 0.6 is 0 Å². The fourth-order valence-electron chi connectivity index (χ4n) is 2.99. The second-order valence-corrected chi connectivity index (χ2v) is 6.74. The lowest BCUT2D eigenvalue weighted by Crippen LogP contribution is -2.03. The Morgan fingerprint density at radius 2 is 1.54 bits per heavy atom. The van der Waals surface area contributed by atoms with Crippen LogP contribution in [0.4, 0.5) is 11.5 Å². The van der Waals surface area contributed by atoms with Gasteiger partial charge in [-0.3, -0.25) is 0 Å². The summed E-state index contributed by atoms with van der Waals surface area (Å²) in [7, 11) is 0. The van der Waals surface area contributed by atoms with Crippen LogP contribution in [0.25, 0.3) is 17.2 Å². The summed E-state index contributed by atoms with van der Waals surface area (Å²) >= 11 is 0. The van der Waals surface area contributed by atoms with Crippen LogP contribution in [-0.2, 0) is 0 Å². The molecule has 0 aliphatic heterocycles. The molecule has 0 saturated heterocycles. The molecule has 0 saturated carbocycles. The third kappa shape index (κ3) is 3.04. The van der Waals surface area contributed by atoms with E-state index in [9.17, 15) is 0 Å². The number of nitrogens with zero attached hydrogens (tertiary/aromatic N) is 4. The maximum atomic E-state index is 4.68. The highest BCUT2D eigenvalue weighted by molar-refractivity contribution is 5.64. The number of anilines is 2. The zero-order valence-electron chi connectivity index (χ0n) is 15.4. The first-order chi connectivity index (χ1) is 12.5. The first kappa shape index (κ1) is 16.3. The van der Waals surface area contributed by atoms with E-state index in [1.165, 1.54) is 16.7 Å². The largest absolute Gasteiger partial charge is 0.340 e. The second-order valence-electron chi connectivity index (χ2n) is 6.74. The molecular formula is C21H21N5. The van der Waals surface area contributed by atoms with E-state index in [4.69, 9.17) is 0 Å². The minimum Gasteiger partial charge on any atom is -0.340 e. The van der Waals surface area contributed by atoms with Crippen molar-refractivity contribution in [1.29, 1.82) is 0 Å². The zero-order chi connectivity index (χ0) is 18.3. The van der Waals surface area contributed by atoms with Crippen LogP contribution in [0.15, 0.2) is 48.5 Å². The van der Waals surface area contributed by atoms with Crippen molar-refractivity contribution in [3.8, 4) is 11.4 Å². The summed E-state index contributed by atoms with van der Waals surface area (Å²) in [6.45, 7) is 8.22. The Morgan fingerprint density at radius 1 is 0.808 bits per heavy atom. The van der Waals surface area contributed by atoms with Gasteiger partial charge in [-0.25, -0.2) is 4.98 Å². The normalized spacial score (nSPS) is 11.1. The van der Waals surface area contributed by atoms with Crippen LogP contribution in [0.2, 0.25) is 0 Å². The van der Waals surface area contributed by atoms with Crippen LogP contribution in [0.3, 0.4) is 0 Å². The number of hydrogen-bond acceptors (Lipinski definition) is 4. The van der Waals surface area contributed by atoms with Gasteiger partial charge in [0.25, 0.3) is 5.78 Å². The smallest absolute Gasteiger partial charge is 0.254 e. The molecule has 0 fully saturated rings. The molecule has 5 nitrogen and oxygen atoms in total. The summed E-state index contributed by atoms with van der Waals surface area (Å²) in [6.07, 6.45) is 0. The Bertz CT molecular complexity index is 1090. The van der Waals surface area contributed by atoms with Gasteiger partial charge in [0.1, 0.15) is 5.82 Å². The predicted molar refractivity (Wildman–Crippen MR) is 105 cm³/mol. The van der Waals surface area contributed by atoms with Crippen molar-refractivity contribution in [1.82, 2.24) is 19.6 Å². The lowest BCUT2D eigenvalue weighted by atomic mass is 10.1. The predicted octanol–water partition coefficient (Wildman–Crippen LogP) is 4.77. The van der Waals surface area contributed by atoms with Gasteiger partial charge in [-0.1, -0.05) is 47.5 Å². The molecule has 0 bridgehead atoms. The summed E-state index contributed by atoms with van der Waals surface area (Å²) in [5.41, 5.74) is 6.57. The van der Waals surface area contributed by atoms with Crippen LogP contribution < -0.4 is 5.32 Å². The first-order valence-corrected chi connectivity index (χ1v) is 8.65. The van der Waals surface area contributed by atoms with Crippen LogP contribution in [0.1, 0.15) is 22.4 Å². The molecule has 0 unspecified atom stereocenters. The number of hydrogen-bond donors (Lipinski definition) is 1. The Kier molecular flexibility index (Phi) is 3.92. The fraction of sp³-hybridized carbons (Fsp3) is 0.190. The highest BCUT2D eigenvalue weighted by Crippen LogP contribution is 2.24. The van der Waals surface area contributed by atoms with Gasteiger partial charge in [0.05, 0.1) is 0 Å². The van der Waals surface area contributed by atoms with Gasteiger partial charge in [-0.05, 0) is 39.3 Å². The van der Waals surface area contributed by atoms with E-state index in [2.05, 4.69) is 71.5 Å². The average Bonchev–Trinajstić information content (AvgIpc) is 3.02. The number of benzene rings is 2. The molecule has 0 aliphatic rings. The second kappa shape index (κ2) is 6.26. The molecule has 1 N–H and O–H groups in total. The minimum absolute atomic E-state index is 0.591. The highest BCUT2D eigenvalue weighted by Gasteiger charge is 2.12. The highest BCUT2D eigenvalue weighted by atomic mass is 15.4. The molecule has 0 spiro atoms. The van der Waals surface area contributed by atoms with Crippen molar-refractivity contribution >= 4 is 17.3 Å².